The molecule has 3 heterocycles. The molecule has 140 valence electrons. The van der Waals surface area contributed by atoms with Crippen LogP contribution in [0.5, 0.6) is 0 Å². The summed E-state index contributed by atoms with van der Waals surface area (Å²) in [7, 11) is -3.54. The molecule has 2 aromatic carbocycles. The Hall–Kier alpha value is -3.03. The van der Waals surface area contributed by atoms with Crippen LogP contribution in [0.15, 0.2) is 72.0 Å². The van der Waals surface area contributed by atoms with E-state index in [-0.39, 0.29) is 0 Å². The highest BCUT2D eigenvalue weighted by Gasteiger charge is 2.28. The quantitative estimate of drug-likeness (QED) is 0.582. The number of hydrogen-bond acceptors (Lipinski definition) is 4. The number of nitrogens with zero attached hydrogens (tertiary/aromatic N) is 3. The number of aromatic nitrogens is 3. The summed E-state index contributed by atoms with van der Waals surface area (Å²) < 4.78 is 27.8. The predicted octanol–water partition coefficient (Wildman–Crippen LogP) is 3.37. The number of sulfonamides is 1. The molecule has 0 saturated heterocycles. The van der Waals surface area contributed by atoms with E-state index in [1.54, 1.807) is 28.6 Å². The van der Waals surface area contributed by atoms with E-state index in [1.807, 2.05) is 30.5 Å². The Morgan fingerprint density at radius 3 is 2.54 bits per heavy atom. The minimum atomic E-state index is -3.54. The molecule has 0 atom stereocenters. The Labute approximate surface area is 162 Å². The summed E-state index contributed by atoms with van der Waals surface area (Å²) in [5.41, 5.74) is 4.69. The smallest absolute Gasteiger partial charge is 0.243 e. The molecule has 1 aliphatic rings. The van der Waals surface area contributed by atoms with Gasteiger partial charge in [-0.3, -0.25) is 0 Å². The summed E-state index contributed by atoms with van der Waals surface area (Å²) in [6.07, 6.45) is 4.06. The number of hydrogen-bond donors (Lipinski definition) is 1. The van der Waals surface area contributed by atoms with E-state index in [9.17, 15) is 8.42 Å². The van der Waals surface area contributed by atoms with Gasteiger partial charge in [0.1, 0.15) is 12.0 Å². The number of fused-ring (bicyclic) bond motifs is 2. The maximum absolute atomic E-state index is 13.1. The Bertz CT molecular complexity index is 1260. The second kappa shape index (κ2) is 6.54. The Morgan fingerprint density at radius 2 is 1.71 bits per heavy atom. The SMILES string of the molecule is O=S(=O)(c1ccc(-c2ncnc3[nH]ccc23)cc1)N1CCc2ccccc2C1. The van der Waals surface area contributed by atoms with Crippen LogP contribution in [0, 0.1) is 0 Å². The highest BCUT2D eigenvalue weighted by atomic mass is 32.2. The van der Waals surface area contributed by atoms with Crippen molar-refractivity contribution < 1.29 is 8.42 Å². The summed E-state index contributed by atoms with van der Waals surface area (Å²) in [6.45, 7) is 0.910. The molecule has 0 saturated carbocycles. The van der Waals surface area contributed by atoms with Crippen LogP contribution >= 0.6 is 0 Å². The summed E-state index contributed by atoms with van der Waals surface area (Å²) in [4.78, 5) is 11.9. The van der Waals surface area contributed by atoms with E-state index >= 15 is 0 Å². The van der Waals surface area contributed by atoms with Gasteiger partial charge in [-0.25, -0.2) is 18.4 Å². The van der Waals surface area contributed by atoms with E-state index < -0.39 is 10.0 Å². The molecule has 6 nitrogen and oxygen atoms in total. The first-order chi connectivity index (χ1) is 13.6. The maximum atomic E-state index is 13.1. The lowest BCUT2D eigenvalue weighted by atomic mass is 10.0. The van der Waals surface area contributed by atoms with Gasteiger partial charge in [-0.05, 0) is 35.7 Å². The van der Waals surface area contributed by atoms with Crippen LogP contribution in [0.25, 0.3) is 22.3 Å². The van der Waals surface area contributed by atoms with Gasteiger partial charge >= 0.3 is 0 Å². The molecule has 0 aliphatic carbocycles. The van der Waals surface area contributed by atoms with E-state index in [0.29, 0.717) is 18.0 Å². The molecule has 0 radical (unpaired) electrons. The lowest BCUT2D eigenvalue weighted by Crippen LogP contribution is -2.35. The van der Waals surface area contributed by atoms with Crippen LogP contribution in [0.1, 0.15) is 11.1 Å². The second-order valence-corrected chi connectivity index (χ2v) is 8.78. The van der Waals surface area contributed by atoms with Crippen molar-refractivity contribution in [3.63, 3.8) is 0 Å². The van der Waals surface area contributed by atoms with Crippen molar-refractivity contribution in [1.29, 1.82) is 0 Å². The zero-order valence-electron chi connectivity index (χ0n) is 15.0. The molecule has 1 aliphatic heterocycles. The first-order valence-electron chi connectivity index (χ1n) is 9.08. The van der Waals surface area contributed by atoms with Crippen molar-refractivity contribution in [1.82, 2.24) is 19.3 Å². The third-order valence-corrected chi connectivity index (χ3v) is 7.07. The first-order valence-corrected chi connectivity index (χ1v) is 10.5. The summed E-state index contributed by atoms with van der Waals surface area (Å²) in [5, 5.41) is 0.908. The van der Waals surface area contributed by atoms with Gasteiger partial charge in [0.05, 0.1) is 10.6 Å². The van der Waals surface area contributed by atoms with Crippen LogP contribution in [0.4, 0.5) is 0 Å². The molecule has 0 fully saturated rings. The van der Waals surface area contributed by atoms with Gasteiger partial charge in [0.25, 0.3) is 0 Å². The third-order valence-electron chi connectivity index (χ3n) is 5.22. The lowest BCUT2D eigenvalue weighted by molar-refractivity contribution is 0.391. The van der Waals surface area contributed by atoms with Crippen molar-refractivity contribution >= 4 is 21.1 Å². The van der Waals surface area contributed by atoms with Crippen molar-refractivity contribution in [2.75, 3.05) is 6.54 Å². The Morgan fingerprint density at radius 1 is 0.929 bits per heavy atom. The van der Waals surface area contributed by atoms with Crippen molar-refractivity contribution in [3.8, 4) is 11.3 Å². The Kier molecular flexibility index (Phi) is 3.99. The zero-order valence-corrected chi connectivity index (χ0v) is 15.9. The number of rotatable bonds is 3. The number of nitrogens with one attached hydrogen (secondary N) is 1. The zero-order chi connectivity index (χ0) is 19.1. The van der Waals surface area contributed by atoms with Gasteiger partial charge in [-0.2, -0.15) is 4.31 Å². The highest BCUT2D eigenvalue weighted by molar-refractivity contribution is 7.89. The van der Waals surface area contributed by atoms with Crippen molar-refractivity contribution in [2.45, 2.75) is 17.9 Å². The molecule has 5 rings (SSSR count). The first kappa shape index (κ1) is 17.1. The molecular weight excluding hydrogens is 372 g/mol. The largest absolute Gasteiger partial charge is 0.346 e. The summed E-state index contributed by atoms with van der Waals surface area (Å²) in [6, 6.07) is 16.9. The molecule has 0 bridgehead atoms. The van der Waals surface area contributed by atoms with Crippen molar-refractivity contribution in [3.05, 3.63) is 78.2 Å². The summed E-state index contributed by atoms with van der Waals surface area (Å²) >= 11 is 0. The molecular formula is C21H18N4O2S. The number of benzene rings is 2. The lowest BCUT2D eigenvalue weighted by Gasteiger charge is -2.28. The fraction of sp³-hybridized carbons (Fsp3) is 0.143. The molecule has 0 spiro atoms. The number of H-pyrrole nitrogens is 1. The molecule has 28 heavy (non-hydrogen) atoms. The van der Waals surface area contributed by atoms with Crippen LogP contribution in [-0.4, -0.2) is 34.2 Å². The minimum absolute atomic E-state index is 0.301. The Balaban J connectivity index is 1.46. The molecule has 2 aromatic heterocycles. The molecule has 0 unspecified atom stereocenters. The van der Waals surface area contributed by atoms with E-state index in [1.165, 1.54) is 11.9 Å². The highest BCUT2D eigenvalue weighted by Crippen LogP contribution is 2.28. The van der Waals surface area contributed by atoms with E-state index in [0.717, 1.165) is 34.3 Å². The van der Waals surface area contributed by atoms with Gasteiger partial charge in [0.15, 0.2) is 0 Å². The predicted molar refractivity (Wildman–Crippen MR) is 107 cm³/mol. The van der Waals surface area contributed by atoms with Crippen LogP contribution in [0.2, 0.25) is 0 Å². The molecule has 0 amide bonds. The average molecular weight is 390 g/mol. The molecule has 7 heteroatoms. The van der Waals surface area contributed by atoms with Crippen LogP contribution in [-0.2, 0) is 23.0 Å². The van der Waals surface area contributed by atoms with Crippen molar-refractivity contribution in [2.24, 2.45) is 0 Å². The average Bonchev–Trinajstić information content (AvgIpc) is 3.22. The van der Waals surface area contributed by atoms with Crippen LogP contribution in [0.3, 0.4) is 0 Å². The standard InChI is InChI=1S/C21H18N4O2S/c26-28(27,25-12-10-15-3-1-2-4-17(15)13-25)18-7-5-16(6-8-18)20-19-9-11-22-21(19)24-14-23-20/h1-9,11,14H,10,12-13H2,(H,22,23,24). The van der Waals surface area contributed by atoms with Gasteiger partial charge in [-0.1, -0.05) is 36.4 Å². The normalized spacial score (nSPS) is 14.9. The minimum Gasteiger partial charge on any atom is -0.346 e. The van der Waals surface area contributed by atoms with Gasteiger partial charge < -0.3 is 4.98 Å². The maximum Gasteiger partial charge on any atom is 0.243 e. The second-order valence-electron chi connectivity index (χ2n) is 6.84. The van der Waals surface area contributed by atoms with E-state index in [4.69, 9.17) is 0 Å². The molecule has 1 N–H and O–H groups in total. The molecule has 4 aromatic rings. The number of aromatic amines is 1. The van der Waals surface area contributed by atoms with Gasteiger partial charge in [0.2, 0.25) is 10.0 Å². The van der Waals surface area contributed by atoms with Crippen LogP contribution < -0.4 is 0 Å². The third kappa shape index (κ3) is 2.80. The fourth-order valence-electron chi connectivity index (χ4n) is 3.71. The summed E-state index contributed by atoms with van der Waals surface area (Å²) in [5.74, 6) is 0. The topological polar surface area (TPSA) is 79.0 Å². The fourth-order valence-corrected chi connectivity index (χ4v) is 5.13. The van der Waals surface area contributed by atoms with Gasteiger partial charge in [0, 0.05) is 30.2 Å². The van der Waals surface area contributed by atoms with E-state index in [2.05, 4.69) is 21.0 Å². The monoisotopic (exact) mass is 390 g/mol. The van der Waals surface area contributed by atoms with Gasteiger partial charge in [-0.15, -0.1) is 0 Å².